The highest BCUT2D eigenvalue weighted by atomic mass is 32.2. The largest absolute Gasteiger partial charge is 0.371 e. The van der Waals surface area contributed by atoms with E-state index in [4.69, 9.17) is 0 Å². The Kier molecular flexibility index (Phi) is 5.00. The highest BCUT2D eigenvalue weighted by Gasteiger charge is 2.29. The summed E-state index contributed by atoms with van der Waals surface area (Å²) in [4.78, 5) is 14.6. The van der Waals surface area contributed by atoms with Crippen molar-refractivity contribution in [1.29, 1.82) is 0 Å². The summed E-state index contributed by atoms with van der Waals surface area (Å²) in [6.07, 6.45) is 0.959. The monoisotopic (exact) mass is 414 g/mol. The van der Waals surface area contributed by atoms with Gasteiger partial charge in [0.05, 0.1) is 15.9 Å². The molecule has 1 aliphatic rings. The molecule has 154 valence electrons. The first kappa shape index (κ1) is 19.7. The molecule has 0 saturated carbocycles. The minimum Gasteiger partial charge on any atom is -0.371 e. The van der Waals surface area contributed by atoms with Crippen LogP contribution in [0.4, 0.5) is 5.69 Å². The Bertz CT molecular complexity index is 1200. The van der Waals surface area contributed by atoms with E-state index in [1.165, 1.54) is 19.1 Å². The first-order chi connectivity index (χ1) is 13.8. The molecule has 4 rings (SSSR count). The molecule has 0 radical (unpaired) electrons. The van der Waals surface area contributed by atoms with Crippen LogP contribution >= 0.6 is 0 Å². The second kappa shape index (κ2) is 7.35. The molecular formula is C21H26N4O3S. The van der Waals surface area contributed by atoms with E-state index in [2.05, 4.69) is 17.0 Å². The van der Waals surface area contributed by atoms with Crippen molar-refractivity contribution in [2.45, 2.75) is 11.3 Å². The Morgan fingerprint density at radius 3 is 2.45 bits per heavy atom. The first-order valence-corrected chi connectivity index (χ1v) is 11.1. The van der Waals surface area contributed by atoms with Gasteiger partial charge in [-0.3, -0.25) is 9.13 Å². The lowest BCUT2D eigenvalue weighted by atomic mass is 10.1. The number of nitrogens with zero attached hydrogens (tertiary/aromatic N) is 4. The zero-order valence-electron chi connectivity index (χ0n) is 16.9. The van der Waals surface area contributed by atoms with Gasteiger partial charge in [0.1, 0.15) is 0 Å². The summed E-state index contributed by atoms with van der Waals surface area (Å²) >= 11 is 0. The molecule has 0 aliphatic carbocycles. The van der Waals surface area contributed by atoms with Crippen molar-refractivity contribution >= 4 is 26.7 Å². The van der Waals surface area contributed by atoms with Gasteiger partial charge in [0.15, 0.2) is 0 Å². The van der Waals surface area contributed by atoms with Crippen LogP contribution < -0.4 is 10.6 Å². The molecule has 7 nitrogen and oxygen atoms in total. The smallest absolute Gasteiger partial charge is 0.328 e. The molecule has 1 fully saturated rings. The van der Waals surface area contributed by atoms with Gasteiger partial charge in [0.2, 0.25) is 10.0 Å². The van der Waals surface area contributed by atoms with Gasteiger partial charge < -0.3 is 4.90 Å². The van der Waals surface area contributed by atoms with E-state index in [0.717, 1.165) is 19.5 Å². The van der Waals surface area contributed by atoms with Crippen LogP contribution in [0.2, 0.25) is 0 Å². The van der Waals surface area contributed by atoms with Crippen molar-refractivity contribution in [3.05, 3.63) is 59.0 Å². The first-order valence-electron chi connectivity index (χ1n) is 9.71. The Morgan fingerprint density at radius 1 is 1.03 bits per heavy atom. The van der Waals surface area contributed by atoms with E-state index >= 15 is 0 Å². The number of hydrogen-bond acceptors (Lipinski definition) is 4. The van der Waals surface area contributed by atoms with Crippen LogP contribution in [0, 0.1) is 5.92 Å². The van der Waals surface area contributed by atoms with Gasteiger partial charge >= 0.3 is 5.69 Å². The van der Waals surface area contributed by atoms with E-state index in [1.807, 2.05) is 18.2 Å². The topological polar surface area (TPSA) is 67.6 Å². The summed E-state index contributed by atoms with van der Waals surface area (Å²) in [5.41, 5.74) is 2.34. The molecule has 1 unspecified atom stereocenters. The Balaban J connectivity index is 1.53. The second-order valence-electron chi connectivity index (χ2n) is 7.77. The van der Waals surface area contributed by atoms with Gasteiger partial charge in [-0.05, 0) is 42.7 Å². The van der Waals surface area contributed by atoms with E-state index in [-0.39, 0.29) is 16.5 Å². The second-order valence-corrected chi connectivity index (χ2v) is 9.82. The Hall–Kier alpha value is -2.58. The zero-order chi connectivity index (χ0) is 20.8. The maximum atomic E-state index is 13.1. The van der Waals surface area contributed by atoms with Gasteiger partial charge in [-0.15, -0.1) is 0 Å². The standard InChI is InChI=1S/C21H26N4O3S/c1-22(14-16-11-12-25(15-16)17-7-5-4-6-8-17)29(27,28)18-9-10-19-20(13-18)24(3)21(26)23(19)2/h4-10,13,16H,11-12,14-15H2,1-3H3. The molecule has 29 heavy (non-hydrogen) atoms. The van der Waals surface area contributed by atoms with Crippen LogP contribution in [0.5, 0.6) is 0 Å². The van der Waals surface area contributed by atoms with Gasteiger partial charge in [-0.25, -0.2) is 17.5 Å². The molecule has 1 aromatic heterocycles. The van der Waals surface area contributed by atoms with Crippen molar-refractivity contribution < 1.29 is 8.42 Å². The highest BCUT2D eigenvalue weighted by molar-refractivity contribution is 7.89. The lowest BCUT2D eigenvalue weighted by Gasteiger charge is -2.22. The average molecular weight is 415 g/mol. The zero-order valence-corrected chi connectivity index (χ0v) is 17.8. The molecule has 2 aromatic carbocycles. The molecule has 2 heterocycles. The number of imidazole rings is 1. The maximum Gasteiger partial charge on any atom is 0.328 e. The van der Waals surface area contributed by atoms with Crippen LogP contribution in [-0.4, -0.2) is 48.5 Å². The molecule has 0 amide bonds. The Morgan fingerprint density at radius 2 is 1.72 bits per heavy atom. The van der Waals surface area contributed by atoms with E-state index in [1.54, 1.807) is 39.3 Å². The van der Waals surface area contributed by atoms with Crippen LogP contribution in [0.3, 0.4) is 0 Å². The normalized spacial score (nSPS) is 17.5. The van der Waals surface area contributed by atoms with Gasteiger partial charge in [0.25, 0.3) is 0 Å². The maximum absolute atomic E-state index is 13.1. The predicted molar refractivity (Wildman–Crippen MR) is 115 cm³/mol. The number of para-hydroxylation sites is 1. The minimum atomic E-state index is -3.63. The Labute approximate surface area is 170 Å². The van der Waals surface area contributed by atoms with E-state index in [9.17, 15) is 13.2 Å². The molecule has 0 N–H and O–H groups in total. The minimum absolute atomic E-state index is 0.171. The van der Waals surface area contributed by atoms with Crippen molar-refractivity contribution in [2.75, 3.05) is 31.6 Å². The predicted octanol–water partition coefficient (Wildman–Crippen LogP) is 2.02. The third kappa shape index (κ3) is 3.47. The highest BCUT2D eigenvalue weighted by Crippen LogP contribution is 2.26. The summed E-state index contributed by atoms with van der Waals surface area (Å²) in [5.74, 6) is 0.278. The van der Waals surface area contributed by atoms with E-state index < -0.39 is 10.0 Å². The van der Waals surface area contributed by atoms with Crippen molar-refractivity contribution in [2.24, 2.45) is 20.0 Å². The third-order valence-corrected chi connectivity index (χ3v) is 7.69. The van der Waals surface area contributed by atoms with Crippen molar-refractivity contribution in [3.8, 4) is 0 Å². The fraction of sp³-hybridized carbons (Fsp3) is 0.381. The number of anilines is 1. The van der Waals surface area contributed by atoms with Crippen LogP contribution in [0.15, 0.2) is 58.2 Å². The fourth-order valence-corrected chi connectivity index (χ4v) is 5.41. The van der Waals surface area contributed by atoms with Crippen LogP contribution in [0.25, 0.3) is 11.0 Å². The number of rotatable bonds is 5. The molecule has 8 heteroatoms. The number of aryl methyl sites for hydroxylation is 2. The average Bonchev–Trinajstić information content (AvgIpc) is 3.28. The molecule has 0 bridgehead atoms. The van der Waals surface area contributed by atoms with Gasteiger partial charge in [0, 0.05) is 46.5 Å². The summed E-state index contributed by atoms with van der Waals surface area (Å²) < 4.78 is 30.7. The molecule has 1 aliphatic heterocycles. The number of fused-ring (bicyclic) bond motifs is 1. The van der Waals surface area contributed by atoms with Crippen molar-refractivity contribution in [1.82, 2.24) is 13.4 Å². The fourth-order valence-electron chi connectivity index (χ4n) is 4.14. The lowest BCUT2D eigenvalue weighted by Crippen LogP contribution is -2.33. The number of hydrogen-bond donors (Lipinski definition) is 0. The van der Waals surface area contributed by atoms with Crippen LogP contribution in [-0.2, 0) is 24.1 Å². The SMILES string of the molecule is CN(CC1CCN(c2ccccc2)C1)S(=O)(=O)c1ccc2c(c1)n(C)c(=O)n2C. The number of aromatic nitrogens is 2. The van der Waals surface area contributed by atoms with Gasteiger partial charge in [-0.1, -0.05) is 18.2 Å². The van der Waals surface area contributed by atoms with E-state index in [0.29, 0.717) is 17.6 Å². The third-order valence-electron chi connectivity index (χ3n) is 5.87. The summed E-state index contributed by atoms with van der Waals surface area (Å²) in [6, 6.07) is 15.1. The number of benzene rings is 2. The molecule has 0 spiro atoms. The van der Waals surface area contributed by atoms with Crippen LogP contribution in [0.1, 0.15) is 6.42 Å². The lowest BCUT2D eigenvalue weighted by molar-refractivity contribution is 0.401. The summed E-state index contributed by atoms with van der Waals surface area (Å²) in [6.45, 7) is 2.24. The molecule has 1 saturated heterocycles. The molecule has 1 atom stereocenters. The van der Waals surface area contributed by atoms with Gasteiger partial charge in [-0.2, -0.15) is 0 Å². The molecule has 3 aromatic rings. The molecular weight excluding hydrogens is 388 g/mol. The summed E-state index contributed by atoms with van der Waals surface area (Å²) in [7, 11) is 1.34. The quantitative estimate of drug-likeness (QED) is 0.641. The summed E-state index contributed by atoms with van der Waals surface area (Å²) in [5, 5.41) is 0. The van der Waals surface area contributed by atoms with Crippen molar-refractivity contribution in [3.63, 3.8) is 0 Å². The number of sulfonamides is 1.